The Bertz CT molecular complexity index is 249. The number of hydrogen-bond donors (Lipinski definition) is 0. The standard InChI is InChI=1S/C13H22O2/c1-6-8-10-12(11(3)14-4)13(15-5)9-7-2/h7,9H,3,6,8,10H2,1-2,4-5H3/b9-7+,13-12+. The van der Waals surface area contributed by atoms with Gasteiger partial charge >= 0.3 is 0 Å². The maximum absolute atomic E-state index is 5.32. The fourth-order valence-corrected chi connectivity index (χ4v) is 1.32. The predicted octanol–water partition coefficient (Wildman–Crippen LogP) is 3.81. The summed E-state index contributed by atoms with van der Waals surface area (Å²) >= 11 is 0. The molecule has 0 unspecified atom stereocenters. The second-order valence-electron chi connectivity index (χ2n) is 3.28. The van der Waals surface area contributed by atoms with Gasteiger partial charge in [0.15, 0.2) is 0 Å². The molecule has 0 N–H and O–H groups in total. The zero-order chi connectivity index (χ0) is 11.7. The molecule has 2 heteroatoms. The lowest BCUT2D eigenvalue weighted by Crippen LogP contribution is -1.98. The Labute approximate surface area is 93.3 Å². The lowest BCUT2D eigenvalue weighted by atomic mass is 10.1. The third-order valence-corrected chi connectivity index (χ3v) is 2.20. The highest BCUT2D eigenvalue weighted by molar-refractivity contribution is 5.32. The average molecular weight is 210 g/mol. The van der Waals surface area contributed by atoms with Crippen LogP contribution in [0.3, 0.4) is 0 Å². The molecule has 86 valence electrons. The van der Waals surface area contributed by atoms with E-state index in [1.165, 1.54) is 0 Å². The van der Waals surface area contributed by atoms with Gasteiger partial charge in [-0.3, -0.25) is 0 Å². The zero-order valence-electron chi connectivity index (χ0n) is 10.3. The van der Waals surface area contributed by atoms with Gasteiger partial charge in [0, 0.05) is 5.57 Å². The van der Waals surface area contributed by atoms with E-state index in [4.69, 9.17) is 9.47 Å². The third-order valence-electron chi connectivity index (χ3n) is 2.20. The first-order valence-corrected chi connectivity index (χ1v) is 5.34. The molecule has 0 radical (unpaired) electrons. The molecule has 0 aliphatic rings. The summed E-state index contributed by atoms with van der Waals surface area (Å²) in [6, 6.07) is 0. The molecule has 0 aromatic rings. The molecule has 0 aliphatic carbocycles. The molecule has 0 spiro atoms. The van der Waals surface area contributed by atoms with Crippen molar-refractivity contribution < 1.29 is 9.47 Å². The predicted molar refractivity (Wildman–Crippen MR) is 64.5 cm³/mol. The number of allylic oxidation sites excluding steroid dienone is 3. The second kappa shape index (κ2) is 8.16. The Morgan fingerprint density at radius 3 is 2.33 bits per heavy atom. The number of unbranched alkanes of at least 4 members (excludes halogenated alkanes) is 1. The van der Waals surface area contributed by atoms with Crippen molar-refractivity contribution in [1.29, 1.82) is 0 Å². The van der Waals surface area contributed by atoms with Crippen LogP contribution in [0.4, 0.5) is 0 Å². The van der Waals surface area contributed by atoms with E-state index in [0.717, 1.165) is 30.6 Å². The van der Waals surface area contributed by atoms with Crippen LogP contribution >= 0.6 is 0 Å². The lowest BCUT2D eigenvalue weighted by molar-refractivity contribution is 0.273. The van der Waals surface area contributed by atoms with Crippen LogP contribution in [-0.2, 0) is 9.47 Å². The zero-order valence-corrected chi connectivity index (χ0v) is 10.3. The summed E-state index contributed by atoms with van der Waals surface area (Å²) < 4.78 is 10.5. The first-order chi connectivity index (χ1) is 7.21. The highest BCUT2D eigenvalue weighted by atomic mass is 16.5. The molecule has 0 rings (SSSR count). The minimum absolute atomic E-state index is 0.693. The number of ether oxygens (including phenoxy) is 2. The topological polar surface area (TPSA) is 18.5 Å². The number of methoxy groups -OCH3 is 2. The van der Waals surface area contributed by atoms with Gasteiger partial charge in [-0.15, -0.1) is 0 Å². The van der Waals surface area contributed by atoms with Gasteiger partial charge in [-0.25, -0.2) is 0 Å². The summed E-state index contributed by atoms with van der Waals surface area (Å²) in [5.74, 6) is 1.54. The van der Waals surface area contributed by atoms with E-state index in [1.807, 2.05) is 19.1 Å². The van der Waals surface area contributed by atoms with Crippen LogP contribution in [-0.4, -0.2) is 14.2 Å². The molecule has 0 aromatic carbocycles. The molecule has 15 heavy (non-hydrogen) atoms. The monoisotopic (exact) mass is 210 g/mol. The van der Waals surface area contributed by atoms with Crippen molar-refractivity contribution in [3.63, 3.8) is 0 Å². The van der Waals surface area contributed by atoms with Crippen molar-refractivity contribution in [3.05, 3.63) is 35.8 Å². The minimum Gasteiger partial charge on any atom is -0.497 e. The van der Waals surface area contributed by atoms with Gasteiger partial charge in [0.25, 0.3) is 0 Å². The first-order valence-electron chi connectivity index (χ1n) is 5.34. The molecule has 0 aliphatic heterocycles. The first kappa shape index (κ1) is 13.8. The maximum atomic E-state index is 5.32. The van der Waals surface area contributed by atoms with Crippen molar-refractivity contribution in [2.75, 3.05) is 14.2 Å². The van der Waals surface area contributed by atoms with Crippen molar-refractivity contribution in [2.45, 2.75) is 33.1 Å². The van der Waals surface area contributed by atoms with Gasteiger partial charge in [0.2, 0.25) is 0 Å². The van der Waals surface area contributed by atoms with Crippen molar-refractivity contribution in [1.82, 2.24) is 0 Å². The van der Waals surface area contributed by atoms with Gasteiger partial charge in [-0.1, -0.05) is 26.0 Å². The summed E-state index contributed by atoms with van der Waals surface area (Å²) in [5, 5.41) is 0. The molecular weight excluding hydrogens is 188 g/mol. The average Bonchev–Trinajstić information content (AvgIpc) is 2.27. The Morgan fingerprint density at radius 1 is 1.27 bits per heavy atom. The van der Waals surface area contributed by atoms with E-state index in [2.05, 4.69) is 13.5 Å². The van der Waals surface area contributed by atoms with Crippen LogP contribution in [0.5, 0.6) is 0 Å². The Kier molecular flexibility index (Phi) is 7.51. The molecule has 0 atom stereocenters. The highest BCUT2D eigenvalue weighted by Gasteiger charge is 2.09. The molecule has 0 amide bonds. The van der Waals surface area contributed by atoms with E-state index in [0.29, 0.717) is 5.76 Å². The van der Waals surface area contributed by atoms with E-state index in [-0.39, 0.29) is 0 Å². The number of hydrogen-bond acceptors (Lipinski definition) is 2. The summed E-state index contributed by atoms with van der Waals surface area (Å²) in [5.41, 5.74) is 1.06. The quantitative estimate of drug-likeness (QED) is 0.470. The second-order valence-corrected chi connectivity index (χ2v) is 3.28. The van der Waals surface area contributed by atoms with Gasteiger partial charge in [0.05, 0.1) is 14.2 Å². The van der Waals surface area contributed by atoms with Gasteiger partial charge in [-0.2, -0.15) is 0 Å². The number of rotatable bonds is 7. The summed E-state index contributed by atoms with van der Waals surface area (Å²) in [7, 11) is 3.31. The van der Waals surface area contributed by atoms with Crippen molar-refractivity contribution in [3.8, 4) is 0 Å². The van der Waals surface area contributed by atoms with E-state index in [1.54, 1.807) is 14.2 Å². The summed E-state index contributed by atoms with van der Waals surface area (Å²) in [4.78, 5) is 0. The molecule has 0 heterocycles. The van der Waals surface area contributed by atoms with E-state index < -0.39 is 0 Å². The molecule has 0 saturated carbocycles. The highest BCUT2D eigenvalue weighted by Crippen LogP contribution is 2.22. The van der Waals surface area contributed by atoms with Crippen LogP contribution in [0, 0.1) is 0 Å². The molecule has 0 aromatic heterocycles. The van der Waals surface area contributed by atoms with Crippen LogP contribution in [0.25, 0.3) is 0 Å². The Hall–Kier alpha value is -1.18. The summed E-state index contributed by atoms with van der Waals surface area (Å²) in [6.07, 6.45) is 7.09. The normalized spacial score (nSPS) is 12.5. The van der Waals surface area contributed by atoms with E-state index >= 15 is 0 Å². The Balaban J connectivity index is 4.91. The summed E-state index contributed by atoms with van der Waals surface area (Å²) in [6.45, 7) is 8.01. The maximum Gasteiger partial charge on any atom is 0.125 e. The fourth-order valence-electron chi connectivity index (χ4n) is 1.32. The van der Waals surface area contributed by atoms with Crippen LogP contribution < -0.4 is 0 Å². The van der Waals surface area contributed by atoms with E-state index in [9.17, 15) is 0 Å². The van der Waals surface area contributed by atoms with Gasteiger partial charge < -0.3 is 9.47 Å². The minimum atomic E-state index is 0.693. The largest absolute Gasteiger partial charge is 0.497 e. The Morgan fingerprint density at radius 2 is 1.93 bits per heavy atom. The van der Waals surface area contributed by atoms with Gasteiger partial charge in [-0.05, 0) is 25.8 Å². The lowest BCUT2D eigenvalue weighted by Gasteiger charge is -2.13. The molecule has 0 saturated heterocycles. The molecular formula is C13H22O2. The fraction of sp³-hybridized carbons (Fsp3) is 0.538. The third kappa shape index (κ3) is 4.73. The van der Waals surface area contributed by atoms with Crippen LogP contribution in [0.1, 0.15) is 33.1 Å². The van der Waals surface area contributed by atoms with Crippen molar-refractivity contribution >= 4 is 0 Å². The van der Waals surface area contributed by atoms with Crippen LogP contribution in [0.15, 0.2) is 35.8 Å². The molecule has 0 fully saturated rings. The SMILES string of the molecule is C=C(OC)/C(CCCC)=C(\C=C\C)OC. The molecule has 2 nitrogen and oxygen atoms in total. The van der Waals surface area contributed by atoms with Crippen LogP contribution in [0.2, 0.25) is 0 Å². The van der Waals surface area contributed by atoms with Crippen molar-refractivity contribution in [2.24, 2.45) is 0 Å². The molecule has 0 bridgehead atoms. The van der Waals surface area contributed by atoms with Gasteiger partial charge in [0.1, 0.15) is 11.5 Å². The smallest absolute Gasteiger partial charge is 0.125 e.